The van der Waals surface area contributed by atoms with Crippen LogP contribution < -0.4 is 5.32 Å². The largest absolute Gasteiger partial charge is 0.311 e. The van der Waals surface area contributed by atoms with E-state index in [1.54, 1.807) is 18.2 Å². The van der Waals surface area contributed by atoms with Gasteiger partial charge in [-0.3, -0.25) is 9.59 Å². The van der Waals surface area contributed by atoms with Crippen molar-refractivity contribution >= 4 is 17.5 Å². The monoisotopic (exact) mass is 220 g/mol. The summed E-state index contributed by atoms with van der Waals surface area (Å²) >= 11 is 0. The Kier molecular flexibility index (Phi) is 3.42. The molecule has 0 unspecified atom stereocenters. The lowest BCUT2D eigenvalue weighted by atomic mass is 9.89. The van der Waals surface area contributed by atoms with E-state index in [4.69, 9.17) is 0 Å². The molecule has 0 aliphatic heterocycles. The lowest BCUT2D eigenvalue weighted by Gasteiger charge is -2.16. The molecule has 16 heavy (non-hydrogen) atoms. The van der Waals surface area contributed by atoms with Crippen molar-refractivity contribution in [2.24, 2.45) is 5.41 Å². The minimum Gasteiger partial charge on any atom is -0.311 e. The SMILES string of the molecule is CC(=O)Nc1cccc(C(=O)C(C)(C)C)n1. The van der Waals surface area contributed by atoms with Gasteiger partial charge < -0.3 is 5.32 Å². The van der Waals surface area contributed by atoms with Crippen molar-refractivity contribution in [2.45, 2.75) is 27.7 Å². The first-order valence-corrected chi connectivity index (χ1v) is 5.10. The molecule has 1 amide bonds. The van der Waals surface area contributed by atoms with E-state index in [1.165, 1.54) is 6.92 Å². The first-order valence-electron chi connectivity index (χ1n) is 5.10. The van der Waals surface area contributed by atoms with E-state index in [0.29, 0.717) is 11.5 Å². The fraction of sp³-hybridized carbons (Fsp3) is 0.417. The summed E-state index contributed by atoms with van der Waals surface area (Å²) in [5.41, 5.74) is -0.0965. The smallest absolute Gasteiger partial charge is 0.222 e. The zero-order valence-electron chi connectivity index (χ0n) is 10.00. The maximum absolute atomic E-state index is 11.9. The van der Waals surface area contributed by atoms with Gasteiger partial charge in [0.1, 0.15) is 11.5 Å². The van der Waals surface area contributed by atoms with Crippen LogP contribution in [0.3, 0.4) is 0 Å². The highest BCUT2D eigenvalue weighted by Gasteiger charge is 2.24. The molecule has 1 aromatic rings. The second-order valence-electron chi connectivity index (χ2n) is 4.67. The van der Waals surface area contributed by atoms with Crippen LogP contribution in [0.4, 0.5) is 5.82 Å². The van der Waals surface area contributed by atoms with Crippen LogP contribution in [0.2, 0.25) is 0 Å². The summed E-state index contributed by atoms with van der Waals surface area (Å²) in [5, 5.41) is 2.55. The lowest BCUT2D eigenvalue weighted by molar-refractivity contribution is -0.114. The molecule has 0 aliphatic carbocycles. The zero-order chi connectivity index (χ0) is 12.3. The Hall–Kier alpha value is -1.71. The van der Waals surface area contributed by atoms with Crippen LogP contribution >= 0.6 is 0 Å². The van der Waals surface area contributed by atoms with Gasteiger partial charge in [-0.25, -0.2) is 4.98 Å². The molecule has 0 radical (unpaired) electrons. The minimum atomic E-state index is -0.470. The molecule has 0 atom stereocenters. The van der Waals surface area contributed by atoms with Gasteiger partial charge in [-0.1, -0.05) is 26.8 Å². The number of Topliss-reactive ketones (excluding diaryl/α,β-unsaturated/α-hetero) is 1. The fourth-order valence-corrected chi connectivity index (χ4v) is 1.20. The Labute approximate surface area is 95.1 Å². The van der Waals surface area contributed by atoms with Gasteiger partial charge in [0, 0.05) is 12.3 Å². The summed E-state index contributed by atoms with van der Waals surface area (Å²) in [6.45, 7) is 6.91. The first kappa shape index (κ1) is 12.4. The third-order valence-electron chi connectivity index (χ3n) is 1.97. The van der Waals surface area contributed by atoms with Gasteiger partial charge in [-0.2, -0.15) is 0 Å². The van der Waals surface area contributed by atoms with Crippen molar-refractivity contribution in [1.82, 2.24) is 4.98 Å². The fourth-order valence-electron chi connectivity index (χ4n) is 1.20. The molecule has 1 heterocycles. The van der Waals surface area contributed by atoms with E-state index in [2.05, 4.69) is 10.3 Å². The molecule has 0 saturated heterocycles. The van der Waals surface area contributed by atoms with Gasteiger partial charge in [-0.15, -0.1) is 0 Å². The Morgan fingerprint density at radius 1 is 1.25 bits per heavy atom. The van der Waals surface area contributed by atoms with Gasteiger partial charge in [-0.05, 0) is 12.1 Å². The molecule has 4 nitrogen and oxygen atoms in total. The molecule has 0 saturated carbocycles. The van der Waals surface area contributed by atoms with Crippen molar-refractivity contribution in [2.75, 3.05) is 5.32 Å². The molecule has 0 spiro atoms. The van der Waals surface area contributed by atoms with E-state index in [1.807, 2.05) is 20.8 Å². The molecular formula is C12H16N2O2. The third-order valence-corrected chi connectivity index (χ3v) is 1.97. The van der Waals surface area contributed by atoms with E-state index in [0.717, 1.165) is 0 Å². The number of aromatic nitrogens is 1. The number of anilines is 1. The van der Waals surface area contributed by atoms with E-state index in [9.17, 15) is 9.59 Å². The number of nitrogens with one attached hydrogen (secondary N) is 1. The predicted molar refractivity (Wildman–Crippen MR) is 62.3 cm³/mol. The van der Waals surface area contributed by atoms with Crippen LogP contribution in [0.25, 0.3) is 0 Å². The topological polar surface area (TPSA) is 59.1 Å². The highest BCUT2D eigenvalue weighted by Crippen LogP contribution is 2.20. The average Bonchev–Trinajstić information content (AvgIpc) is 2.14. The zero-order valence-corrected chi connectivity index (χ0v) is 10.00. The van der Waals surface area contributed by atoms with E-state index >= 15 is 0 Å². The number of hydrogen-bond acceptors (Lipinski definition) is 3. The highest BCUT2D eigenvalue weighted by atomic mass is 16.1. The Morgan fingerprint density at radius 2 is 1.88 bits per heavy atom. The predicted octanol–water partition coefficient (Wildman–Crippen LogP) is 2.27. The van der Waals surface area contributed by atoms with Crippen LogP contribution in [-0.4, -0.2) is 16.7 Å². The molecule has 1 aromatic heterocycles. The Morgan fingerprint density at radius 3 is 2.38 bits per heavy atom. The highest BCUT2D eigenvalue weighted by molar-refractivity contribution is 5.98. The summed E-state index contributed by atoms with van der Waals surface area (Å²) in [5.74, 6) is 0.162. The number of nitrogens with zero attached hydrogens (tertiary/aromatic N) is 1. The maximum atomic E-state index is 11.9. The Bertz CT molecular complexity index is 419. The van der Waals surface area contributed by atoms with Gasteiger partial charge in [0.25, 0.3) is 0 Å². The summed E-state index contributed by atoms with van der Waals surface area (Å²) < 4.78 is 0. The minimum absolute atomic E-state index is 0.0419. The summed E-state index contributed by atoms with van der Waals surface area (Å²) in [6.07, 6.45) is 0. The summed E-state index contributed by atoms with van der Waals surface area (Å²) in [4.78, 5) is 26.9. The van der Waals surface area contributed by atoms with Crippen molar-refractivity contribution in [3.05, 3.63) is 23.9 Å². The molecule has 0 bridgehead atoms. The molecule has 0 aliphatic rings. The van der Waals surface area contributed by atoms with Crippen LogP contribution in [0.15, 0.2) is 18.2 Å². The second-order valence-corrected chi connectivity index (χ2v) is 4.67. The molecule has 0 fully saturated rings. The number of carbonyl (C=O) groups is 2. The van der Waals surface area contributed by atoms with Crippen LogP contribution in [0.1, 0.15) is 38.2 Å². The normalized spacial score (nSPS) is 11.0. The first-order chi connectivity index (χ1) is 7.30. The van der Waals surface area contributed by atoms with E-state index < -0.39 is 5.41 Å². The molecule has 4 heteroatoms. The number of ketones is 1. The van der Waals surface area contributed by atoms with Crippen molar-refractivity contribution in [1.29, 1.82) is 0 Å². The van der Waals surface area contributed by atoms with Gasteiger partial charge in [0.15, 0.2) is 5.78 Å². The number of carbonyl (C=O) groups excluding carboxylic acids is 2. The van der Waals surface area contributed by atoms with Gasteiger partial charge in [0.2, 0.25) is 5.91 Å². The Balaban J connectivity index is 2.99. The van der Waals surface area contributed by atoms with Gasteiger partial charge in [0.05, 0.1) is 0 Å². The van der Waals surface area contributed by atoms with Crippen LogP contribution in [-0.2, 0) is 4.79 Å². The second kappa shape index (κ2) is 4.43. The number of rotatable bonds is 2. The average molecular weight is 220 g/mol. The van der Waals surface area contributed by atoms with Crippen LogP contribution in [0, 0.1) is 5.41 Å². The lowest BCUT2D eigenvalue weighted by Crippen LogP contribution is -2.21. The molecule has 86 valence electrons. The molecule has 1 N–H and O–H groups in total. The van der Waals surface area contributed by atoms with Crippen molar-refractivity contribution in [3.8, 4) is 0 Å². The van der Waals surface area contributed by atoms with Gasteiger partial charge >= 0.3 is 0 Å². The molecule has 0 aromatic carbocycles. The van der Waals surface area contributed by atoms with E-state index in [-0.39, 0.29) is 11.7 Å². The molecule has 1 rings (SSSR count). The standard InChI is InChI=1S/C12H16N2O2/c1-8(15)13-10-7-5-6-9(14-10)11(16)12(2,3)4/h5-7H,1-4H3,(H,13,14,15). The van der Waals surface area contributed by atoms with Crippen molar-refractivity contribution in [3.63, 3.8) is 0 Å². The number of amides is 1. The molecular weight excluding hydrogens is 204 g/mol. The van der Waals surface area contributed by atoms with Crippen molar-refractivity contribution < 1.29 is 9.59 Å². The summed E-state index contributed by atoms with van der Waals surface area (Å²) in [7, 11) is 0. The maximum Gasteiger partial charge on any atom is 0.222 e. The van der Waals surface area contributed by atoms with Crippen LogP contribution in [0.5, 0.6) is 0 Å². The number of hydrogen-bond donors (Lipinski definition) is 1. The quantitative estimate of drug-likeness (QED) is 0.778. The summed E-state index contributed by atoms with van der Waals surface area (Å²) in [6, 6.07) is 5.01. The third kappa shape index (κ3) is 3.15. The number of pyridine rings is 1.